The molecule has 0 bridgehead atoms. The van der Waals surface area contributed by atoms with Crippen molar-refractivity contribution in [2.75, 3.05) is 13.2 Å². The molecule has 0 N–H and O–H groups in total. The number of carbonyl (C=O) groups is 3. The van der Waals surface area contributed by atoms with Crippen LogP contribution in [0.25, 0.3) is 0 Å². The lowest BCUT2D eigenvalue weighted by Gasteiger charge is -2.18. The highest BCUT2D eigenvalue weighted by molar-refractivity contribution is 5.71. The molecule has 0 rings (SSSR count). The summed E-state index contributed by atoms with van der Waals surface area (Å²) >= 11 is 0. The summed E-state index contributed by atoms with van der Waals surface area (Å²) in [6, 6.07) is 0. The predicted octanol–water partition coefficient (Wildman–Crippen LogP) is 13.6. The van der Waals surface area contributed by atoms with Gasteiger partial charge in [-0.1, -0.05) is 179 Å². The molecule has 0 fully saturated rings. The minimum Gasteiger partial charge on any atom is -0.462 e. The van der Waals surface area contributed by atoms with Crippen LogP contribution in [0.15, 0.2) is 48.6 Å². The van der Waals surface area contributed by atoms with E-state index in [0.29, 0.717) is 25.7 Å². The summed E-state index contributed by atoms with van der Waals surface area (Å²) in [6.45, 7) is 6.41. The molecule has 0 radical (unpaired) electrons. The van der Waals surface area contributed by atoms with Gasteiger partial charge < -0.3 is 14.2 Å². The largest absolute Gasteiger partial charge is 0.462 e. The zero-order chi connectivity index (χ0) is 38.0. The monoisotopic (exact) mass is 729 g/mol. The Labute approximate surface area is 320 Å². The summed E-state index contributed by atoms with van der Waals surface area (Å²) in [5.74, 6) is -0.949. The van der Waals surface area contributed by atoms with E-state index in [1.54, 1.807) is 0 Å². The van der Waals surface area contributed by atoms with Gasteiger partial charge in [0.05, 0.1) is 0 Å². The lowest BCUT2D eigenvalue weighted by atomic mass is 10.0. The van der Waals surface area contributed by atoms with Crippen molar-refractivity contribution >= 4 is 17.9 Å². The van der Waals surface area contributed by atoms with E-state index >= 15 is 0 Å². The smallest absolute Gasteiger partial charge is 0.306 e. The number of hydrogen-bond acceptors (Lipinski definition) is 6. The molecule has 1 unspecified atom stereocenters. The molecular weight excluding hydrogens is 648 g/mol. The van der Waals surface area contributed by atoms with E-state index in [0.717, 1.165) is 77.0 Å². The van der Waals surface area contributed by atoms with Crippen molar-refractivity contribution in [2.45, 2.75) is 213 Å². The minimum absolute atomic E-state index is 0.0912. The molecule has 0 amide bonds. The molecule has 0 aromatic carbocycles. The number of carbonyl (C=O) groups excluding carboxylic acids is 3. The first-order chi connectivity index (χ1) is 25.5. The Kier molecular flexibility index (Phi) is 39.1. The van der Waals surface area contributed by atoms with Crippen molar-refractivity contribution < 1.29 is 28.6 Å². The Morgan fingerprint density at radius 1 is 0.404 bits per heavy atom. The van der Waals surface area contributed by atoms with Crippen LogP contribution in [-0.4, -0.2) is 37.2 Å². The zero-order valence-electron chi connectivity index (χ0n) is 34.1. The summed E-state index contributed by atoms with van der Waals surface area (Å²) in [7, 11) is 0. The average Bonchev–Trinajstić information content (AvgIpc) is 3.14. The van der Waals surface area contributed by atoms with Gasteiger partial charge in [-0.05, 0) is 57.8 Å². The van der Waals surface area contributed by atoms with Gasteiger partial charge in [0.1, 0.15) is 13.2 Å². The third-order valence-electron chi connectivity index (χ3n) is 9.13. The van der Waals surface area contributed by atoms with Gasteiger partial charge in [-0.2, -0.15) is 0 Å². The maximum atomic E-state index is 12.7. The Morgan fingerprint density at radius 2 is 0.788 bits per heavy atom. The first kappa shape index (κ1) is 49.4. The molecule has 300 valence electrons. The molecule has 0 heterocycles. The van der Waals surface area contributed by atoms with Crippen molar-refractivity contribution in [2.24, 2.45) is 0 Å². The molecule has 0 aliphatic heterocycles. The van der Waals surface area contributed by atoms with E-state index in [1.807, 2.05) is 0 Å². The highest BCUT2D eigenvalue weighted by atomic mass is 16.6. The summed E-state index contributed by atoms with van der Waals surface area (Å²) in [5, 5.41) is 0. The second-order valence-electron chi connectivity index (χ2n) is 14.3. The van der Waals surface area contributed by atoms with Gasteiger partial charge in [0.2, 0.25) is 0 Å². The lowest BCUT2D eigenvalue weighted by Crippen LogP contribution is -2.30. The standard InChI is InChI=1S/C46H80O6/c1-4-7-10-13-16-19-21-23-25-27-30-33-36-39-45(48)51-42-43(41-50-44(47)38-35-32-29-26-18-15-12-9-6-3)52-46(49)40-37-34-31-28-24-22-20-17-14-11-8-5-2/h7,10,13,16,19,21,26,29,43H,4-6,8-9,11-12,14-15,17-18,20,22-25,27-28,30-42H2,1-3H3/b10-7-,16-13-,21-19-,29-26-. The van der Waals surface area contributed by atoms with Crippen LogP contribution in [0, 0.1) is 0 Å². The Hall–Kier alpha value is -2.63. The summed E-state index contributed by atoms with van der Waals surface area (Å²) < 4.78 is 16.6. The first-order valence-corrected chi connectivity index (χ1v) is 21.7. The second kappa shape index (κ2) is 41.1. The quantitative estimate of drug-likeness (QED) is 0.0207. The molecule has 6 heteroatoms. The third kappa shape index (κ3) is 38.6. The Bertz CT molecular complexity index is 933. The van der Waals surface area contributed by atoms with E-state index in [4.69, 9.17) is 14.2 Å². The maximum Gasteiger partial charge on any atom is 0.306 e. The summed E-state index contributed by atoms with van der Waals surface area (Å²) in [4.78, 5) is 37.6. The third-order valence-corrected chi connectivity index (χ3v) is 9.13. The van der Waals surface area contributed by atoms with E-state index in [9.17, 15) is 14.4 Å². The fourth-order valence-corrected chi connectivity index (χ4v) is 5.86. The average molecular weight is 729 g/mol. The van der Waals surface area contributed by atoms with Gasteiger partial charge in [0.15, 0.2) is 6.10 Å². The van der Waals surface area contributed by atoms with Crippen LogP contribution in [0.1, 0.15) is 207 Å². The van der Waals surface area contributed by atoms with Gasteiger partial charge in [0, 0.05) is 19.3 Å². The number of ether oxygens (including phenoxy) is 3. The highest BCUT2D eigenvalue weighted by Crippen LogP contribution is 2.14. The number of unbranched alkanes of at least 4 members (excludes halogenated alkanes) is 21. The Morgan fingerprint density at radius 3 is 1.31 bits per heavy atom. The molecule has 0 saturated carbocycles. The summed E-state index contributed by atoms with van der Waals surface area (Å²) in [5.41, 5.74) is 0. The molecule has 6 nitrogen and oxygen atoms in total. The van der Waals surface area contributed by atoms with Crippen LogP contribution in [0.3, 0.4) is 0 Å². The first-order valence-electron chi connectivity index (χ1n) is 21.7. The molecule has 0 aromatic rings. The fraction of sp³-hybridized carbons (Fsp3) is 0.761. The number of esters is 3. The van der Waals surface area contributed by atoms with Crippen molar-refractivity contribution in [3.63, 3.8) is 0 Å². The van der Waals surface area contributed by atoms with E-state index in [1.165, 1.54) is 83.5 Å². The second-order valence-corrected chi connectivity index (χ2v) is 14.3. The summed E-state index contributed by atoms with van der Waals surface area (Å²) in [6.07, 6.45) is 46.7. The van der Waals surface area contributed by atoms with Crippen molar-refractivity contribution in [3.8, 4) is 0 Å². The molecule has 0 spiro atoms. The molecule has 1 atom stereocenters. The van der Waals surface area contributed by atoms with Crippen LogP contribution in [0.2, 0.25) is 0 Å². The van der Waals surface area contributed by atoms with Crippen molar-refractivity contribution in [3.05, 3.63) is 48.6 Å². The number of hydrogen-bond donors (Lipinski definition) is 0. The van der Waals surface area contributed by atoms with E-state index < -0.39 is 6.10 Å². The molecule has 0 aromatic heterocycles. The lowest BCUT2D eigenvalue weighted by molar-refractivity contribution is -0.167. The van der Waals surface area contributed by atoms with Crippen LogP contribution < -0.4 is 0 Å². The van der Waals surface area contributed by atoms with Crippen molar-refractivity contribution in [1.29, 1.82) is 0 Å². The predicted molar refractivity (Wildman–Crippen MR) is 219 cm³/mol. The molecule has 0 saturated heterocycles. The van der Waals surface area contributed by atoms with Gasteiger partial charge in [-0.15, -0.1) is 0 Å². The minimum atomic E-state index is -0.786. The fourth-order valence-electron chi connectivity index (χ4n) is 5.86. The zero-order valence-corrected chi connectivity index (χ0v) is 34.1. The highest BCUT2D eigenvalue weighted by Gasteiger charge is 2.19. The topological polar surface area (TPSA) is 78.9 Å². The van der Waals surface area contributed by atoms with Crippen molar-refractivity contribution in [1.82, 2.24) is 0 Å². The molecular formula is C46H80O6. The molecule has 52 heavy (non-hydrogen) atoms. The van der Waals surface area contributed by atoms with Gasteiger partial charge in [-0.25, -0.2) is 0 Å². The molecule has 0 aliphatic rings. The maximum absolute atomic E-state index is 12.7. The van der Waals surface area contributed by atoms with Crippen LogP contribution in [0.4, 0.5) is 0 Å². The van der Waals surface area contributed by atoms with Gasteiger partial charge in [-0.3, -0.25) is 14.4 Å². The van der Waals surface area contributed by atoms with E-state index in [-0.39, 0.29) is 31.1 Å². The van der Waals surface area contributed by atoms with Crippen LogP contribution in [0.5, 0.6) is 0 Å². The SMILES string of the molecule is CC\C=C/C=C\C=C/CCCCCCCC(=O)OCC(COC(=O)CCC/C=C\CCCCCC)OC(=O)CCCCCCCCCCCCCC. The molecule has 0 aliphatic carbocycles. The van der Waals surface area contributed by atoms with Gasteiger partial charge >= 0.3 is 17.9 Å². The normalized spacial score (nSPS) is 12.4. The van der Waals surface area contributed by atoms with E-state index in [2.05, 4.69) is 69.4 Å². The Balaban J connectivity index is 4.42. The van der Waals surface area contributed by atoms with Crippen LogP contribution >= 0.6 is 0 Å². The van der Waals surface area contributed by atoms with Crippen LogP contribution in [-0.2, 0) is 28.6 Å². The van der Waals surface area contributed by atoms with Gasteiger partial charge in [0.25, 0.3) is 0 Å². The number of allylic oxidation sites excluding steroid dienone is 8. The number of rotatable bonds is 38.